The van der Waals surface area contributed by atoms with E-state index in [4.69, 9.17) is 21.1 Å². The van der Waals surface area contributed by atoms with Crippen LogP contribution in [0.1, 0.15) is 12.2 Å². The number of aryl methyl sites for hydroxylation is 1. The third kappa shape index (κ3) is 3.58. The van der Waals surface area contributed by atoms with E-state index in [9.17, 15) is 9.59 Å². The largest absolute Gasteiger partial charge is 0.487 e. The minimum absolute atomic E-state index is 0.200. The van der Waals surface area contributed by atoms with E-state index in [1.165, 1.54) is 17.9 Å². The number of fused-ring (bicyclic) bond motifs is 1. The number of aromatic nitrogens is 4. The van der Waals surface area contributed by atoms with Gasteiger partial charge < -0.3 is 14.4 Å². The van der Waals surface area contributed by atoms with Crippen molar-refractivity contribution in [2.24, 2.45) is 7.05 Å². The topological polar surface area (TPSA) is 91.5 Å². The smallest absolute Gasteiger partial charge is 0.338 e. The lowest BCUT2D eigenvalue weighted by Crippen LogP contribution is -2.39. The van der Waals surface area contributed by atoms with E-state index in [-0.39, 0.29) is 12.7 Å². The molecule has 1 aliphatic heterocycles. The summed E-state index contributed by atoms with van der Waals surface area (Å²) in [6, 6.07) is 6.78. The maximum atomic E-state index is 13.1. The van der Waals surface area contributed by atoms with Crippen LogP contribution in [0.15, 0.2) is 35.3 Å². The van der Waals surface area contributed by atoms with Gasteiger partial charge >= 0.3 is 11.7 Å². The molecule has 10 heteroatoms. The highest BCUT2D eigenvalue weighted by atomic mass is 35.5. The van der Waals surface area contributed by atoms with Crippen molar-refractivity contribution in [2.75, 3.05) is 20.2 Å². The van der Waals surface area contributed by atoms with E-state index in [0.717, 1.165) is 4.57 Å². The molecule has 0 unspecified atom stereocenters. The van der Waals surface area contributed by atoms with Crippen LogP contribution in [0.4, 0.5) is 4.79 Å². The summed E-state index contributed by atoms with van der Waals surface area (Å²) in [6.45, 7) is 1.05. The van der Waals surface area contributed by atoms with Crippen LogP contribution < -0.4 is 10.4 Å². The molecule has 3 aromatic rings. The number of para-hydroxylation sites is 1. The maximum Gasteiger partial charge on any atom is 0.338 e. The zero-order valence-corrected chi connectivity index (χ0v) is 16.8. The molecule has 1 fully saturated rings. The fourth-order valence-electron chi connectivity index (χ4n) is 3.39. The Balaban J connectivity index is 1.57. The molecule has 0 N–H and O–H groups in total. The Labute approximate surface area is 171 Å². The van der Waals surface area contributed by atoms with Crippen LogP contribution in [0, 0.1) is 0 Å². The molecule has 1 aromatic carbocycles. The van der Waals surface area contributed by atoms with Gasteiger partial charge in [0.2, 0.25) is 0 Å². The second-order valence-electron chi connectivity index (χ2n) is 6.79. The first-order valence-corrected chi connectivity index (χ1v) is 9.50. The van der Waals surface area contributed by atoms with E-state index in [0.29, 0.717) is 47.3 Å². The number of nitrogens with zero attached hydrogens (tertiary/aromatic N) is 5. The fourth-order valence-corrected chi connectivity index (χ4v) is 3.57. The molecule has 29 heavy (non-hydrogen) atoms. The van der Waals surface area contributed by atoms with Crippen LogP contribution in [0.2, 0.25) is 5.02 Å². The summed E-state index contributed by atoms with van der Waals surface area (Å²) in [5.74, 6) is 1.02. The first-order valence-electron chi connectivity index (χ1n) is 9.12. The minimum atomic E-state index is -0.468. The summed E-state index contributed by atoms with van der Waals surface area (Å²) in [7, 11) is 3.11. The summed E-state index contributed by atoms with van der Waals surface area (Å²) in [5.41, 5.74) is 0.274. The van der Waals surface area contributed by atoms with Gasteiger partial charge in [-0.3, -0.25) is 4.57 Å². The predicted molar refractivity (Wildman–Crippen MR) is 106 cm³/mol. The number of imidazole rings is 1. The molecular formula is C19H20ClN5O4. The zero-order chi connectivity index (χ0) is 20.5. The SMILES string of the molecule is COCc1ncc2c(n1)n(C)c(=O)n2C(=O)N1CC[C@H](Oc2ccccc2Cl)C1. The Morgan fingerprint density at radius 3 is 2.90 bits per heavy atom. The molecule has 1 aliphatic rings. The van der Waals surface area contributed by atoms with Crippen LogP contribution in [0.3, 0.4) is 0 Å². The molecule has 1 atom stereocenters. The van der Waals surface area contributed by atoms with Gasteiger partial charge in [0.15, 0.2) is 11.5 Å². The minimum Gasteiger partial charge on any atom is -0.487 e. The van der Waals surface area contributed by atoms with Crippen molar-refractivity contribution < 1.29 is 14.3 Å². The lowest BCUT2D eigenvalue weighted by molar-refractivity contribution is 0.178. The summed E-state index contributed by atoms with van der Waals surface area (Å²) in [4.78, 5) is 35.9. The lowest BCUT2D eigenvalue weighted by Gasteiger charge is -2.17. The molecule has 152 valence electrons. The number of benzene rings is 1. The second kappa shape index (κ2) is 7.84. The molecule has 1 amide bonds. The number of hydrogen-bond acceptors (Lipinski definition) is 6. The Bertz CT molecular complexity index is 1130. The van der Waals surface area contributed by atoms with Gasteiger partial charge in [-0.25, -0.2) is 24.1 Å². The number of carbonyl (C=O) groups excluding carboxylic acids is 1. The zero-order valence-electron chi connectivity index (χ0n) is 16.0. The van der Waals surface area contributed by atoms with Crippen LogP contribution in [-0.2, 0) is 18.4 Å². The number of hydrogen-bond donors (Lipinski definition) is 0. The molecule has 4 rings (SSSR count). The van der Waals surface area contributed by atoms with Gasteiger partial charge in [-0.1, -0.05) is 23.7 Å². The van der Waals surface area contributed by atoms with Gasteiger partial charge in [0.1, 0.15) is 24.0 Å². The molecule has 0 bridgehead atoms. The number of amides is 1. The van der Waals surface area contributed by atoms with Crippen LogP contribution in [0.25, 0.3) is 11.2 Å². The Kier molecular flexibility index (Phi) is 5.25. The molecule has 3 heterocycles. The van der Waals surface area contributed by atoms with Crippen molar-refractivity contribution >= 4 is 28.8 Å². The third-order valence-corrected chi connectivity index (χ3v) is 5.16. The van der Waals surface area contributed by atoms with Gasteiger partial charge in [0.05, 0.1) is 17.8 Å². The summed E-state index contributed by atoms with van der Waals surface area (Å²) < 4.78 is 13.4. The maximum absolute atomic E-state index is 13.1. The number of rotatable bonds is 4. The van der Waals surface area contributed by atoms with Gasteiger partial charge in [0.25, 0.3) is 0 Å². The number of ether oxygens (including phenoxy) is 2. The van der Waals surface area contributed by atoms with E-state index >= 15 is 0 Å². The van der Waals surface area contributed by atoms with Crippen molar-refractivity contribution in [3.05, 3.63) is 51.8 Å². The second-order valence-corrected chi connectivity index (χ2v) is 7.20. The highest BCUT2D eigenvalue weighted by molar-refractivity contribution is 6.32. The first-order chi connectivity index (χ1) is 14.0. The Hall–Kier alpha value is -2.91. The van der Waals surface area contributed by atoms with Gasteiger partial charge in [-0.2, -0.15) is 0 Å². The molecule has 0 aliphatic carbocycles. The summed E-state index contributed by atoms with van der Waals surface area (Å²) in [5, 5.41) is 0.520. The Morgan fingerprint density at radius 2 is 2.14 bits per heavy atom. The molecule has 9 nitrogen and oxygen atoms in total. The summed E-state index contributed by atoms with van der Waals surface area (Å²) in [6.07, 6.45) is 1.92. The number of carbonyl (C=O) groups is 1. The van der Waals surface area contributed by atoms with Crippen LogP contribution in [0.5, 0.6) is 5.75 Å². The van der Waals surface area contributed by atoms with Gasteiger partial charge in [-0.15, -0.1) is 0 Å². The third-order valence-electron chi connectivity index (χ3n) is 4.85. The predicted octanol–water partition coefficient (Wildman–Crippen LogP) is 2.05. The molecule has 0 radical (unpaired) electrons. The van der Waals surface area contributed by atoms with Crippen LogP contribution >= 0.6 is 11.6 Å². The number of halogens is 1. The van der Waals surface area contributed by atoms with E-state index in [1.54, 1.807) is 24.1 Å². The molecule has 1 saturated heterocycles. The molecule has 2 aromatic heterocycles. The summed E-state index contributed by atoms with van der Waals surface area (Å²) >= 11 is 6.15. The molecular weight excluding hydrogens is 398 g/mol. The highest BCUT2D eigenvalue weighted by Gasteiger charge is 2.31. The Morgan fingerprint density at radius 1 is 1.34 bits per heavy atom. The normalized spacial score (nSPS) is 16.5. The number of likely N-dealkylation sites (tertiary alicyclic amines) is 1. The van der Waals surface area contributed by atoms with E-state index < -0.39 is 11.7 Å². The molecule has 0 saturated carbocycles. The van der Waals surface area contributed by atoms with Crippen molar-refractivity contribution in [1.82, 2.24) is 24.0 Å². The monoisotopic (exact) mass is 417 g/mol. The highest BCUT2D eigenvalue weighted by Crippen LogP contribution is 2.26. The number of methoxy groups -OCH3 is 1. The standard InChI is InChI=1S/C19H20ClN5O4/c1-23-17-14(9-21-16(22-17)11-28-2)25(18(23)26)19(27)24-8-7-12(10-24)29-15-6-4-3-5-13(15)20/h3-6,9,12H,7-8,10-11H2,1-2H3/t12-/m0/s1. The van der Waals surface area contributed by atoms with Gasteiger partial charge in [-0.05, 0) is 12.1 Å². The van der Waals surface area contributed by atoms with E-state index in [1.807, 2.05) is 12.1 Å². The fraction of sp³-hybridized carbons (Fsp3) is 0.368. The van der Waals surface area contributed by atoms with Crippen molar-refractivity contribution in [3.63, 3.8) is 0 Å². The first kappa shape index (κ1) is 19.4. The van der Waals surface area contributed by atoms with Crippen molar-refractivity contribution in [2.45, 2.75) is 19.1 Å². The molecule has 0 spiro atoms. The van der Waals surface area contributed by atoms with Crippen molar-refractivity contribution in [1.29, 1.82) is 0 Å². The van der Waals surface area contributed by atoms with Crippen molar-refractivity contribution in [3.8, 4) is 5.75 Å². The van der Waals surface area contributed by atoms with Crippen LogP contribution in [-0.4, -0.2) is 56.3 Å². The average molecular weight is 418 g/mol. The average Bonchev–Trinajstić information content (AvgIpc) is 3.27. The van der Waals surface area contributed by atoms with E-state index in [2.05, 4.69) is 9.97 Å². The van der Waals surface area contributed by atoms with Gasteiger partial charge in [0, 0.05) is 27.1 Å². The quantitative estimate of drug-likeness (QED) is 0.645. The lowest BCUT2D eigenvalue weighted by atomic mass is 10.3.